The molecular weight excluding hydrogens is 168 g/mol. The molecule has 0 bridgehead atoms. The summed E-state index contributed by atoms with van der Waals surface area (Å²) in [6, 6.07) is 0. The van der Waals surface area contributed by atoms with E-state index in [2.05, 4.69) is 15.7 Å². The number of ether oxygens (including phenoxy) is 2. The molecular formula is C9H12N2O2. The van der Waals surface area contributed by atoms with Gasteiger partial charge in [0.2, 0.25) is 0 Å². The van der Waals surface area contributed by atoms with Crippen molar-refractivity contribution in [3.05, 3.63) is 17.7 Å². The predicted octanol–water partition coefficient (Wildman–Crippen LogP) is 0.447. The van der Waals surface area contributed by atoms with Crippen LogP contribution >= 0.6 is 0 Å². The molecule has 0 aliphatic carbocycles. The third-order valence-electron chi connectivity index (χ3n) is 2.75. The molecule has 0 unspecified atom stereocenters. The number of nitrogens with zero attached hydrogens (tertiary/aromatic N) is 2. The zero-order valence-corrected chi connectivity index (χ0v) is 7.62. The molecule has 13 heavy (non-hydrogen) atoms. The molecule has 70 valence electrons. The molecule has 1 aromatic heterocycles. The summed E-state index contributed by atoms with van der Waals surface area (Å²) >= 11 is 0. The van der Waals surface area contributed by atoms with Gasteiger partial charge >= 0.3 is 0 Å². The van der Waals surface area contributed by atoms with Gasteiger partial charge in [0.05, 0.1) is 25.5 Å². The first kappa shape index (κ1) is 7.53. The molecule has 3 heterocycles. The second-order valence-corrected chi connectivity index (χ2v) is 3.88. The van der Waals surface area contributed by atoms with E-state index >= 15 is 0 Å². The largest absolute Gasteiger partial charge is 0.376 e. The van der Waals surface area contributed by atoms with Crippen molar-refractivity contribution >= 4 is 0 Å². The Hall–Kier alpha value is -0.870. The Morgan fingerprint density at radius 2 is 2.15 bits per heavy atom. The minimum absolute atomic E-state index is 0.0643. The molecule has 2 aliphatic rings. The number of fused-ring (bicyclic) bond motifs is 2. The van der Waals surface area contributed by atoms with Gasteiger partial charge in [-0.25, -0.2) is 4.98 Å². The fraction of sp³-hybridized carbons (Fsp3) is 0.667. The first-order valence-corrected chi connectivity index (χ1v) is 4.51. The van der Waals surface area contributed by atoms with Crippen LogP contribution in [0.2, 0.25) is 0 Å². The van der Waals surface area contributed by atoms with Crippen LogP contribution in [0.25, 0.3) is 0 Å². The fourth-order valence-electron chi connectivity index (χ4n) is 2.02. The molecule has 0 aromatic carbocycles. The molecule has 1 spiro atoms. The molecule has 1 aromatic rings. The highest BCUT2D eigenvalue weighted by atomic mass is 16.5. The maximum Gasteiger partial charge on any atom is 0.135 e. The van der Waals surface area contributed by atoms with Gasteiger partial charge in [-0.1, -0.05) is 0 Å². The first-order chi connectivity index (χ1) is 6.30. The Kier molecular flexibility index (Phi) is 1.35. The lowest BCUT2D eigenvalue weighted by molar-refractivity contribution is -0.156. The van der Waals surface area contributed by atoms with E-state index in [4.69, 9.17) is 9.47 Å². The van der Waals surface area contributed by atoms with Crippen molar-refractivity contribution in [3.63, 3.8) is 0 Å². The zero-order valence-electron chi connectivity index (χ0n) is 7.62. The Morgan fingerprint density at radius 1 is 1.38 bits per heavy atom. The van der Waals surface area contributed by atoms with Crippen molar-refractivity contribution in [2.75, 3.05) is 19.8 Å². The molecule has 1 saturated heterocycles. The minimum Gasteiger partial charge on any atom is -0.376 e. The summed E-state index contributed by atoms with van der Waals surface area (Å²) in [5.74, 6) is 1.03. The lowest BCUT2D eigenvalue weighted by Crippen LogP contribution is -2.57. The first-order valence-electron chi connectivity index (χ1n) is 4.51. The van der Waals surface area contributed by atoms with Gasteiger partial charge in [0.15, 0.2) is 0 Å². The molecule has 0 amide bonds. The van der Waals surface area contributed by atoms with Crippen LogP contribution in [0.4, 0.5) is 0 Å². The van der Waals surface area contributed by atoms with Gasteiger partial charge in [-0.05, 0) is 6.92 Å². The number of hydrogen-bond donors (Lipinski definition) is 0. The second-order valence-electron chi connectivity index (χ2n) is 3.88. The minimum atomic E-state index is 0.0643. The van der Waals surface area contributed by atoms with E-state index in [1.165, 1.54) is 0 Å². The van der Waals surface area contributed by atoms with Gasteiger partial charge in [0.1, 0.15) is 18.0 Å². The molecule has 0 atom stereocenters. The lowest BCUT2D eigenvalue weighted by atomic mass is 9.97. The van der Waals surface area contributed by atoms with Crippen LogP contribution in [0.3, 0.4) is 0 Å². The summed E-state index contributed by atoms with van der Waals surface area (Å²) in [5, 5.41) is 0. The molecule has 2 aliphatic heterocycles. The van der Waals surface area contributed by atoms with Crippen LogP contribution in [0, 0.1) is 6.92 Å². The second kappa shape index (κ2) is 2.33. The maximum atomic E-state index is 5.50. The van der Waals surface area contributed by atoms with Crippen LogP contribution in [0.1, 0.15) is 11.5 Å². The molecule has 4 heteroatoms. The Balaban J connectivity index is 2.10. The molecule has 4 nitrogen and oxygen atoms in total. The summed E-state index contributed by atoms with van der Waals surface area (Å²) in [5.41, 5.74) is 1.13. The topological polar surface area (TPSA) is 36.3 Å². The number of aromatic nitrogens is 2. The normalized spacial score (nSPS) is 24.1. The predicted molar refractivity (Wildman–Crippen MR) is 45.4 cm³/mol. The Bertz CT molecular complexity index is 341. The molecule has 0 saturated carbocycles. The van der Waals surface area contributed by atoms with E-state index in [9.17, 15) is 0 Å². The highest BCUT2D eigenvalue weighted by molar-refractivity contribution is 5.11. The van der Waals surface area contributed by atoms with Crippen molar-refractivity contribution in [2.45, 2.75) is 19.1 Å². The van der Waals surface area contributed by atoms with Gasteiger partial charge in [-0.15, -0.1) is 0 Å². The van der Waals surface area contributed by atoms with Gasteiger partial charge in [-0.3, -0.25) is 0 Å². The van der Waals surface area contributed by atoms with Crippen LogP contribution in [-0.4, -0.2) is 29.4 Å². The average Bonchev–Trinajstić information content (AvgIpc) is 2.41. The summed E-state index contributed by atoms with van der Waals surface area (Å²) in [6.07, 6.45) is 2.10. The van der Waals surface area contributed by atoms with Crippen molar-refractivity contribution in [2.24, 2.45) is 0 Å². The number of hydrogen-bond acceptors (Lipinski definition) is 3. The number of rotatable bonds is 0. The molecule has 3 rings (SSSR count). The third-order valence-corrected chi connectivity index (χ3v) is 2.75. The molecule has 1 fully saturated rings. The highest BCUT2D eigenvalue weighted by Gasteiger charge is 2.44. The maximum absolute atomic E-state index is 5.50. The zero-order chi connectivity index (χ0) is 8.89. The third kappa shape index (κ3) is 0.899. The van der Waals surface area contributed by atoms with Crippen molar-refractivity contribution in [1.82, 2.24) is 9.55 Å². The van der Waals surface area contributed by atoms with E-state index in [0.717, 1.165) is 31.3 Å². The van der Waals surface area contributed by atoms with Crippen LogP contribution in [-0.2, 0) is 21.6 Å². The molecule has 0 N–H and O–H groups in total. The molecule has 0 radical (unpaired) electrons. The highest BCUT2D eigenvalue weighted by Crippen LogP contribution is 2.32. The quantitative estimate of drug-likeness (QED) is 0.581. The number of imidazole rings is 1. The van der Waals surface area contributed by atoms with E-state index in [-0.39, 0.29) is 5.54 Å². The van der Waals surface area contributed by atoms with Crippen LogP contribution in [0.15, 0.2) is 6.20 Å². The van der Waals surface area contributed by atoms with Crippen molar-refractivity contribution < 1.29 is 9.47 Å². The van der Waals surface area contributed by atoms with Gasteiger partial charge in [0.25, 0.3) is 0 Å². The Labute approximate surface area is 76.5 Å². The van der Waals surface area contributed by atoms with E-state index in [1.54, 1.807) is 0 Å². The SMILES string of the molecule is Cc1cn2c(n1)COCC21COC1. The summed E-state index contributed by atoms with van der Waals surface area (Å²) in [4.78, 5) is 4.41. The van der Waals surface area contributed by atoms with Crippen molar-refractivity contribution in [1.29, 1.82) is 0 Å². The summed E-state index contributed by atoms with van der Waals surface area (Å²) in [6.45, 7) is 4.93. The van der Waals surface area contributed by atoms with Gasteiger partial charge < -0.3 is 14.0 Å². The average molecular weight is 180 g/mol. The summed E-state index contributed by atoms with van der Waals surface area (Å²) < 4.78 is 13.0. The van der Waals surface area contributed by atoms with Crippen LogP contribution < -0.4 is 0 Å². The van der Waals surface area contributed by atoms with E-state index < -0.39 is 0 Å². The van der Waals surface area contributed by atoms with Gasteiger partial charge in [-0.2, -0.15) is 0 Å². The standard InChI is InChI=1S/C9H12N2O2/c1-7-2-11-8(10-7)3-12-4-9(11)5-13-6-9/h2H,3-6H2,1H3. The van der Waals surface area contributed by atoms with E-state index in [0.29, 0.717) is 6.61 Å². The van der Waals surface area contributed by atoms with Crippen molar-refractivity contribution in [3.8, 4) is 0 Å². The van der Waals surface area contributed by atoms with E-state index in [1.807, 2.05) is 6.92 Å². The summed E-state index contributed by atoms with van der Waals surface area (Å²) in [7, 11) is 0. The fourth-order valence-corrected chi connectivity index (χ4v) is 2.02. The van der Waals surface area contributed by atoms with Gasteiger partial charge in [0, 0.05) is 6.20 Å². The monoisotopic (exact) mass is 180 g/mol. The number of aryl methyl sites for hydroxylation is 1. The Morgan fingerprint density at radius 3 is 2.85 bits per heavy atom. The lowest BCUT2D eigenvalue weighted by Gasteiger charge is -2.45. The smallest absolute Gasteiger partial charge is 0.135 e. The van der Waals surface area contributed by atoms with Crippen LogP contribution in [0.5, 0.6) is 0 Å².